The van der Waals surface area contributed by atoms with E-state index in [9.17, 15) is 0 Å². The molecule has 0 amide bonds. The van der Waals surface area contributed by atoms with Gasteiger partial charge in [0.05, 0.1) is 5.60 Å². The molecule has 10 heavy (non-hydrogen) atoms. The monoisotopic (exact) mass is 146 g/mol. The van der Waals surface area contributed by atoms with Crippen LogP contribution in [0.15, 0.2) is 5.16 Å². The number of nitrogens with two attached hydrogens (primary N) is 1. The lowest BCUT2D eigenvalue weighted by atomic mass is 10.2. The SMILES string of the molecule is CC(C)(C)OCC(N)=NO. The zero-order chi connectivity index (χ0) is 8.20. The van der Waals surface area contributed by atoms with Crippen molar-refractivity contribution in [3.63, 3.8) is 0 Å². The van der Waals surface area contributed by atoms with Gasteiger partial charge in [-0.3, -0.25) is 0 Å². The van der Waals surface area contributed by atoms with Crippen molar-refractivity contribution in [2.24, 2.45) is 10.9 Å². The second-order valence-corrected chi connectivity index (χ2v) is 2.99. The lowest BCUT2D eigenvalue weighted by Gasteiger charge is -2.18. The molecular formula is C6H14N2O2. The van der Waals surface area contributed by atoms with Gasteiger partial charge in [0.15, 0.2) is 5.84 Å². The van der Waals surface area contributed by atoms with Gasteiger partial charge in [0.25, 0.3) is 0 Å². The summed E-state index contributed by atoms with van der Waals surface area (Å²) in [4.78, 5) is 0. The maximum atomic E-state index is 8.11. The van der Waals surface area contributed by atoms with E-state index in [1.165, 1.54) is 0 Å². The normalized spacial score (nSPS) is 13.7. The van der Waals surface area contributed by atoms with Crippen molar-refractivity contribution < 1.29 is 9.94 Å². The number of ether oxygens (including phenoxy) is 1. The summed E-state index contributed by atoms with van der Waals surface area (Å²) in [5.74, 6) is 0.0925. The second kappa shape index (κ2) is 3.41. The average Bonchev–Trinajstić information content (AvgIpc) is 1.81. The lowest BCUT2D eigenvalue weighted by molar-refractivity contribution is 0.0200. The molecule has 0 radical (unpaired) electrons. The maximum Gasteiger partial charge on any atom is 0.165 e. The number of hydrogen-bond acceptors (Lipinski definition) is 3. The molecule has 3 N–H and O–H groups in total. The number of oxime groups is 1. The summed E-state index contributed by atoms with van der Waals surface area (Å²) < 4.78 is 5.17. The highest BCUT2D eigenvalue weighted by molar-refractivity contribution is 5.80. The van der Waals surface area contributed by atoms with E-state index in [1.54, 1.807) is 0 Å². The van der Waals surface area contributed by atoms with E-state index in [0.717, 1.165) is 0 Å². The van der Waals surface area contributed by atoms with Crippen molar-refractivity contribution in [3.05, 3.63) is 0 Å². The van der Waals surface area contributed by atoms with Gasteiger partial charge >= 0.3 is 0 Å². The zero-order valence-corrected chi connectivity index (χ0v) is 6.59. The van der Waals surface area contributed by atoms with E-state index < -0.39 is 0 Å². The van der Waals surface area contributed by atoms with Crippen LogP contribution in [0, 0.1) is 0 Å². The van der Waals surface area contributed by atoms with E-state index in [2.05, 4.69) is 5.16 Å². The molecule has 0 aliphatic rings. The van der Waals surface area contributed by atoms with Crippen LogP contribution in [-0.4, -0.2) is 23.3 Å². The average molecular weight is 146 g/mol. The van der Waals surface area contributed by atoms with Crippen LogP contribution in [0.25, 0.3) is 0 Å². The molecule has 4 nitrogen and oxygen atoms in total. The van der Waals surface area contributed by atoms with Gasteiger partial charge < -0.3 is 15.7 Å². The quantitative estimate of drug-likeness (QED) is 0.259. The topological polar surface area (TPSA) is 67.8 Å². The fourth-order valence-electron chi connectivity index (χ4n) is 0.319. The molecule has 0 saturated carbocycles. The first-order valence-electron chi connectivity index (χ1n) is 3.06. The van der Waals surface area contributed by atoms with Crippen LogP contribution in [0.3, 0.4) is 0 Å². The Morgan fingerprint density at radius 3 is 2.40 bits per heavy atom. The largest absolute Gasteiger partial charge is 0.409 e. The summed E-state index contributed by atoms with van der Waals surface area (Å²) in [6, 6.07) is 0. The molecule has 0 aromatic rings. The van der Waals surface area contributed by atoms with Gasteiger partial charge in [0.1, 0.15) is 6.61 Å². The van der Waals surface area contributed by atoms with Crippen molar-refractivity contribution in [3.8, 4) is 0 Å². The molecule has 0 fully saturated rings. The number of amidine groups is 1. The molecule has 0 rings (SSSR count). The highest BCUT2D eigenvalue weighted by atomic mass is 16.5. The number of nitrogens with zero attached hydrogens (tertiary/aromatic N) is 1. The Morgan fingerprint density at radius 2 is 2.10 bits per heavy atom. The smallest absolute Gasteiger partial charge is 0.165 e. The first kappa shape index (κ1) is 9.23. The third-order valence-corrected chi connectivity index (χ3v) is 0.782. The van der Waals surface area contributed by atoms with Gasteiger partial charge in [-0.25, -0.2) is 0 Å². The molecule has 60 valence electrons. The highest BCUT2D eigenvalue weighted by Gasteiger charge is 2.10. The lowest BCUT2D eigenvalue weighted by Crippen LogP contribution is -2.27. The fraction of sp³-hybridized carbons (Fsp3) is 0.833. The van der Waals surface area contributed by atoms with Crippen LogP contribution in [0.1, 0.15) is 20.8 Å². The molecule has 0 saturated heterocycles. The summed E-state index contributed by atoms with van der Waals surface area (Å²) in [7, 11) is 0. The van der Waals surface area contributed by atoms with E-state index >= 15 is 0 Å². The van der Waals surface area contributed by atoms with Gasteiger partial charge in [-0.1, -0.05) is 5.16 Å². The van der Waals surface area contributed by atoms with Crippen LogP contribution in [0.5, 0.6) is 0 Å². The van der Waals surface area contributed by atoms with Crippen molar-refractivity contribution in [1.29, 1.82) is 0 Å². The number of rotatable bonds is 2. The second-order valence-electron chi connectivity index (χ2n) is 2.99. The predicted molar refractivity (Wildman–Crippen MR) is 39.1 cm³/mol. The minimum atomic E-state index is -0.241. The zero-order valence-electron chi connectivity index (χ0n) is 6.59. The van der Waals surface area contributed by atoms with Gasteiger partial charge in [0.2, 0.25) is 0 Å². The Bertz CT molecular complexity index is 126. The van der Waals surface area contributed by atoms with Crippen molar-refractivity contribution in [2.75, 3.05) is 6.61 Å². The molecule has 0 unspecified atom stereocenters. The minimum Gasteiger partial charge on any atom is -0.409 e. The molecular weight excluding hydrogens is 132 g/mol. The fourth-order valence-corrected chi connectivity index (χ4v) is 0.319. The Labute approximate surface area is 60.7 Å². The summed E-state index contributed by atoms with van der Waals surface area (Å²) in [6.45, 7) is 5.87. The standard InChI is InChI=1S/C6H14N2O2/c1-6(2,3)10-4-5(7)8-9/h9H,4H2,1-3H3,(H2,7,8). The molecule has 0 aromatic carbocycles. The van der Waals surface area contributed by atoms with Crippen LogP contribution in [0.4, 0.5) is 0 Å². The number of hydrogen-bond donors (Lipinski definition) is 2. The van der Waals surface area contributed by atoms with Crippen LogP contribution < -0.4 is 5.73 Å². The summed E-state index contributed by atoms with van der Waals surface area (Å²) in [5.41, 5.74) is 4.91. The van der Waals surface area contributed by atoms with Gasteiger partial charge in [0, 0.05) is 0 Å². The van der Waals surface area contributed by atoms with Crippen LogP contribution in [-0.2, 0) is 4.74 Å². The predicted octanol–water partition coefficient (Wildman–Crippen LogP) is 0.548. The minimum absolute atomic E-state index is 0.0925. The summed E-state index contributed by atoms with van der Waals surface area (Å²) >= 11 is 0. The summed E-state index contributed by atoms with van der Waals surface area (Å²) in [5, 5.41) is 10.9. The van der Waals surface area contributed by atoms with Crippen molar-refractivity contribution in [2.45, 2.75) is 26.4 Å². The third-order valence-electron chi connectivity index (χ3n) is 0.782. The molecule has 0 bridgehead atoms. The molecule has 0 spiro atoms. The maximum absolute atomic E-state index is 8.11. The van der Waals surface area contributed by atoms with Gasteiger partial charge in [-0.15, -0.1) is 0 Å². The molecule has 4 heteroatoms. The van der Waals surface area contributed by atoms with E-state index in [4.69, 9.17) is 15.7 Å². The van der Waals surface area contributed by atoms with Crippen LogP contribution >= 0.6 is 0 Å². The third kappa shape index (κ3) is 5.37. The summed E-state index contributed by atoms with van der Waals surface area (Å²) in [6.07, 6.45) is 0. The molecule has 0 heterocycles. The Morgan fingerprint density at radius 1 is 1.60 bits per heavy atom. The molecule has 0 aliphatic heterocycles. The Hall–Kier alpha value is -0.770. The highest BCUT2D eigenvalue weighted by Crippen LogP contribution is 2.05. The Kier molecular flexibility index (Phi) is 3.15. The van der Waals surface area contributed by atoms with Crippen LogP contribution in [0.2, 0.25) is 0 Å². The molecule has 0 aliphatic carbocycles. The first-order chi connectivity index (χ1) is 4.45. The first-order valence-corrected chi connectivity index (χ1v) is 3.06. The van der Waals surface area contributed by atoms with E-state index in [0.29, 0.717) is 0 Å². The van der Waals surface area contributed by atoms with Gasteiger partial charge in [-0.05, 0) is 20.8 Å². The molecule has 0 atom stereocenters. The van der Waals surface area contributed by atoms with Crippen molar-refractivity contribution >= 4 is 5.84 Å². The molecule has 0 aromatic heterocycles. The van der Waals surface area contributed by atoms with E-state index in [-0.39, 0.29) is 18.0 Å². The van der Waals surface area contributed by atoms with Crippen molar-refractivity contribution in [1.82, 2.24) is 0 Å². The van der Waals surface area contributed by atoms with E-state index in [1.807, 2.05) is 20.8 Å². The van der Waals surface area contributed by atoms with Gasteiger partial charge in [-0.2, -0.15) is 0 Å². The Balaban J connectivity index is 3.56.